The summed E-state index contributed by atoms with van der Waals surface area (Å²) in [4.78, 5) is 0. The summed E-state index contributed by atoms with van der Waals surface area (Å²) in [5.41, 5.74) is 0.948. The second-order valence-corrected chi connectivity index (χ2v) is 4.05. The van der Waals surface area contributed by atoms with Crippen LogP contribution >= 0.6 is 0 Å². The zero-order chi connectivity index (χ0) is 12.3. The van der Waals surface area contributed by atoms with Crippen molar-refractivity contribution in [3.63, 3.8) is 0 Å². The first-order valence-electron chi connectivity index (χ1n) is 5.50. The van der Waals surface area contributed by atoms with Gasteiger partial charge in [0, 0.05) is 0 Å². The van der Waals surface area contributed by atoms with Crippen LogP contribution in [-0.2, 0) is 16.1 Å². The highest BCUT2D eigenvalue weighted by Crippen LogP contribution is 2.17. The first-order chi connectivity index (χ1) is 8.18. The Morgan fingerprint density at radius 2 is 1.82 bits per heavy atom. The molecule has 0 amide bonds. The maximum absolute atomic E-state index is 9.63. The molecule has 0 bridgehead atoms. The van der Waals surface area contributed by atoms with Crippen molar-refractivity contribution in [2.75, 3.05) is 6.61 Å². The molecule has 1 heterocycles. The summed E-state index contributed by atoms with van der Waals surface area (Å²) >= 11 is 0. The van der Waals surface area contributed by atoms with Crippen LogP contribution in [0.4, 0.5) is 0 Å². The van der Waals surface area contributed by atoms with Gasteiger partial charge in [-0.05, 0) is 5.56 Å². The smallest absolute Gasteiger partial charge is 0.186 e. The fraction of sp³-hybridized carbons (Fsp3) is 0.500. The molecule has 0 saturated carbocycles. The van der Waals surface area contributed by atoms with Crippen LogP contribution in [0.2, 0.25) is 0 Å². The fourth-order valence-corrected chi connectivity index (χ4v) is 1.68. The van der Waals surface area contributed by atoms with Gasteiger partial charge in [-0.25, -0.2) is 0 Å². The van der Waals surface area contributed by atoms with E-state index in [-0.39, 0.29) is 13.2 Å². The van der Waals surface area contributed by atoms with E-state index in [1.165, 1.54) is 0 Å². The van der Waals surface area contributed by atoms with E-state index in [0.29, 0.717) is 0 Å². The Hall–Kier alpha value is -0.980. The number of aliphatic hydroxyl groups is 3. The number of hydrogen-bond acceptors (Lipinski definition) is 5. The van der Waals surface area contributed by atoms with E-state index >= 15 is 0 Å². The molecule has 1 aromatic rings. The normalized spacial score (nSPS) is 33.6. The van der Waals surface area contributed by atoms with Gasteiger partial charge in [0.1, 0.15) is 18.3 Å². The molecule has 1 fully saturated rings. The Kier molecular flexibility index (Phi) is 4.09. The highest BCUT2D eigenvalue weighted by atomic mass is 16.7. The minimum absolute atomic E-state index is 0.0440. The Balaban J connectivity index is 1.87. The Morgan fingerprint density at radius 1 is 1.12 bits per heavy atom. The van der Waals surface area contributed by atoms with Crippen molar-refractivity contribution < 1.29 is 24.8 Å². The topological polar surface area (TPSA) is 79.2 Å². The molecule has 2 rings (SSSR count). The van der Waals surface area contributed by atoms with Gasteiger partial charge in [0.05, 0.1) is 13.2 Å². The summed E-state index contributed by atoms with van der Waals surface area (Å²) in [6.07, 6.45) is -4.44. The van der Waals surface area contributed by atoms with Crippen molar-refractivity contribution in [3.05, 3.63) is 35.9 Å². The molecule has 1 aliphatic heterocycles. The average Bonchev–Trinajstić information content (AvgIpc) is 2.36. The van der Waals surface area contributed by atoms with E-state index in [4.69, 9.17) is 9.47 Å². The summed E-state index contributed by atoms with van der Waals surface area (Å²) in [6, 6.07) is 9.45. The minimum Gasteiger partial charge on any atom is -0.388 e. The summed E-state index contributed by atoms with van der Waals surface area (Å²) in [7, 11) is 0. The van der Waals surface area contributed by atoms with Gasteiger partial charge in [0.15, 0.2) is 6.29 Å². The molecule has 1 aliphatic rings. The molecule has 5 heteroatoms. The molecule has 0 unspecified atom stereocenters. The van der Waals surface area contributed by atoms with Crippen LogP contribution in [0.25, 0.3) is 0 Å². The molecule has 17 heavy (non-hydrogen) atoms. The summed E-state index contributed by atoms with van der Waals surface area (Å²) < 4.78 is 10.5. The van der Waals surface area contributed by atoms with Crippen molar-refractivity contribution in [1.29, 1.82) is 0 Å². The molecule has 1 aromatic carbocycles. The second-order valence-electron chi connectivity index (χ2n) is 4.05. The highest BCUT2D eigenvalue weighted by Gasteiger charge is 2.38. The van der Waals surface area contributed by atoms with Crippen LogP contribution in [0.3, 0.4) is 0 Å². The first kappa shape index (κ1) is 12.5. The van der Waals surface area contributed by atoms with Crippen LogP contribution in [0.15, 0.2) is 30.3 Å². The lowest BCUT2D eigenvalue weighted by Crippen LogP contribution is -2.53. The van der Waals surface area contributed by atoms with Crippen molar-refractivity contribution in [3.8, 4) is 0 Å². The van der Waals surface area contributed by atoms with Gasteiger partial charge >= 0.3 is 0 Å². The molecule has 0 aromatic heterocycles. The van der Waals surface area contributed by atoms with E-state index < -0.39 is 24.6 Å². The lowest BCUT2D eigenvalue weighted by molar-refractivity contribution is -0.273. The first-order valence-corrected chi connectivity index (χ1v) is 5.50. The van der Waals surface area contributed by atoms with E-state index in [2.05, 4.69) is 0 Å². The average molecular weight is 240 g/mol. The lowest BCUT2D eigenvalue weighted by Gasteiger charge is -2.34. The zero-order valence-corrected chi connectivity index (χ0v) is 9.27. The summed E-state index contributed by atoms with van der Waals surface area (Å²) in [6.45, 7) is 0.239. The third-order valence-electron chi connectivity index (χ3n) is 2.71. The largest absolute Gasteiger partial charge is 0.388 e. The molecule has 1 saturated heterocycles. The quantitative estimate of drug-likeness (QED) is 0.672. The maximum Gasteiger partial charge on any atom is 0.186 e. The van der Waals surface area contributed by atoms with Crippen molar-refractivity contribution in [2.45, 2.75) is 31.2 Å². The third kappa shape index (κ3) is 3.02. The van der Waals surface area contributed by atoms with Gasteiger partial charge in [-0.3, -0.25) is 0 Å². The van der Waals surface area contributed by atoms with Gasteiger partial charge in [0.2, 0.25) is 0 Å². The molecular weight excluding hydrogens is 224 g/mol. The number of aliphatic hydroxyl groups excluding tert-OH is 3. The predicted molar refractivity (Wildman–Crippen MR) is 59.0 cm³/mol. The van der Waals surface area contributed by atoms with E-state index in [0.717, 1.165) is 5.56 Å². The van der Waals surface area contributed by atoms with Crippen molar-refractivity contribution in [2.24, 2.45) is 0 Å². The number of rotatable bonds is 3. The van der Waals surface area contributed by atoms with Crippen LogP contribution in [0.5, 0.6) is 0 Å². The maximum atomic E-state index is 9.63. The van der Waals surface area contributed by atoms with Gasteiger partial charge in [-0.2, -0.15) is 0 Å². The molecule has 5 nitrogen and oxygen atoms in total. The van der Waals surface area contributed by atoms with Crippen LogP contribution < -0.4 is 0 Å². The summed E-state index contributed by atoms with van der Waals surface area (Å²) in [5, 5.41) is 28.3. The van der Waals surface area contributed by atoms with Crippen molar-refractivity contribution in [1.82, 2.24) is 0 Å². The molecule has 0 radical (unpaired) electrons. The Morgan fingerprint density at radius 3 is 2.53 bits per heavy atom. The van der Waals surface area contributed by atoms with Crippen LogP contribution in [0, 0.1) is 0 Å². The molecule has 94 valence electrons. The summed E-state index contributed by atoms with van der Waals surface area (Å²) in [5.74, 6) is 0. The van der Waals surface area contributed by atoms with E-state index in [9.17, 15) is 15.3 Å². The van der Waals surface area contributed by atoms with Crippen molar-refractivity contribution >= 4 is 0 Å². The molecular formula is C12H16O5. The Labute approximate surface area is 99.2 Å². The van der Waals surface area contributed by atoms with Gasteiger partial charge < -0.3 is 24.8 Å². The minimum atomic E-state index is -1.23. The third-order valence-corrected chi connectivity index (χ3v) is 2.71. The highest BCUT2D eigenvalue weighted by molar-refractivity contribution is 5.13. The van der Waals surface area contributed by atoms with Crippen LogP contribution in [-0.4, -0.2) is 46.5 Å². The van der Waals surface area contributed by atoms with Gasteiger partial charge in [-0.15, -0.1) is 0 Å². The monoisotopic (exact) mass is 240 g/mol. The molecule has 0 aliphatic carbocycles. The molecule has 4 atom stereocenters. The van der Waals surface area contributed by atoms with Gasteiger partial charge in [-0.1, -0.05) is 30.3 Å². The SMILES string of the molecule is O[C@@H]1[C@@H](O)[C@@H](OCc2ccccc2)OC[C@H]1O. The predicted octanol–water partition coefficient (Wildman–Crippen LogP) is -0.358. The number of benzene rings is 1. The Bertz CT molecular complexity index is 342. The molecule has 3 N–H and O–H groups in total. The fourth-order valence-electron chi connectivity index (χ4n) is 1.68. The molecule has 0 spiro atoms. The van der Waals surface area contributed by atoms with E-state index in [1.807, 2.05) is 30.3 Å². The number of hydrogen-bond donors (Lipinski definition) is 3. The van der Waals surface area contributed by atoms with Crippen LogP contribution in [0.1, 0.15) is 5.56 Å². The lowest BCUT2D eigenvalue weighted by atomic mass is 10.1. The second kappa shape index (κ2) is 5.57. The standard InChI is InChI=1S/C12H16O5/c13-9-7-17-12(11(15)10(9)14)16-6-8-4-2-1-3-5-8/h1-5,9-15H,6-7H2/t9-,10+,11-,12+/m1/s1. The van der Waals surface area contributed by atoms with Gasteiger partial charge in [0.25, 0.3) is 0 Å². The number of ether oxygens (including phenoxy) is 2. The van der Waals surface area contributed by atoms with E-state index in [1.54, 1.807) is 0 Å². The zero-order valence-electron chi connectivity index (χ0n) is 9.27.